The number of hydrogen-bond donors (Lipinski definition) is 1. The van der Waals surface area contributed by atoms with E-state index in [1.54, 1.807) is 0 Å². The van der Waals surface area contributed by atoms with E-state index in [2.05, 4.69) is 21.9 Å². The van der Waals surface area contributed by atoms with Gasteiger partial charge < -0.3 is 19.7 Å². The zero-order valence-corrected chi connectivity index (χ0v) is 21.4. The molecule has 7 nitrogen and oxygen atoms in total. The minimum absolute atomic E-state index is 0.0168. The third-order valence-corrected chi connectivity index (χ3v) is 8.00. The van der Waals surface area contributed by atoms with Crippen LogP contribution in [0.4, 0.5) is 15.9 Å². The number of halogens is 3. The molecule has 0 spiro atoms. The first-order valence-corrected chi connectivity index (χ1v) is 13.1. The number of benzene rings is 2. The van der Waals surface area contributed by atoms with Gasteiger partial charge in [-0.1, -0.05) is 29.8 Å². The average molecular weight is 543 g/mol. The molecule has 2 bridgehead atoms. The molecule has 10 heteroatoms. The molecule has 1 N–H and O–H groups in total. The Morgan fingerprint density at radius 3 is 2.46 bits per heavy atom. The summed E-state index contributed by atoms with van der Waals surface area (Å²) in [5.41, 5.74) is 0.776. The lowest BCUT2D eigenvalue weighted by atomic mass is 9.99. The van der Waals surface area contributed by atoms with Crippen LogP contribution in [0.2, 0.25) is 10.0 Å². The topological polar surface area (TPSA) is 76.6 Å². The molecule has 3 heterocycles. The molecule has 1 amide bonds. The largest absolute Gasteiger partial charge is 0.486 e. The maximum Gasteiger partial charge on any atom is 0.246 e. The second kappa shape index (κ2) is 9.65. The van der Waals surface area contributed by atoms with Crippen molar-refractivity contribution >= 4 is 51.5 Å². The third kappa shape index (κ3) is 4.68. The molecule has 3 aliphatic rings. The van der Waals surface area contributed by atoms with Crippen LogP contribution in [-0.2, 0) is 4.79 Å². The maximum absolute atomic E-state index is 14.7. The smallest absolute Gasteiger partial charge is 0.246 e. The highest BCUT2D eigenvalue weighted by Gasteiger charge is 2.43. The Hall–Kier alpha value is -3.10. The number of ether oxygens (including phenoxy) is 2. The van der Waals surface area contributed by atoms with Gasteiger partial charge in [0.1, 0.15) is 18.2 Å². The average Bonchev–Trinajstić information content (AvgIpc) is 3.67. The summed E-state index contributed by atoms with van der Waals surface area (Å²) in [5.74, 6) is 0.924. The number of aromatic nitrogens is 2. The summed E-state index contributed by atoms with van der Waals surface area (Å²) in [6.07, 6.45) is 8.28. The Balaban J connectivity index is 1.33. The van der Waals surface area contributed by atoms with Gasteiger partial charge in [0.05, 0.1) is 27.4 Å². The van der Waals surface area contributed by atoms with E-state index < -0.39 is 5.82 Å². The number of nitrogens with one attached hydrogen (secondary N) is 1. The van der Waals surface area contributed by atoms with Crippen molar-refractivity contribution in [1.82, 2.24) is 14.9 Å². The van der Waals surface area contributed by atoms with Gasteiger partial charge in [0, 0.05) is 36.4 Å². The molecule has 1 aliphatic carbocycles. The SMILES string of the molecule is C=CC(=O)N1[C@@H]2CC[C@H]1C[C@H](Oc1cc3c(Nc4ccc(Cl)c(Cl)c4F)ncnc3cc1OC1CC1)C2. The highest BCUT2D eigenvalue weighted by molar-refractivity contribution is 6.42. The number of piperidine rings is 1. The Morgan fingerprint density at radius 2 is 1.76 bits per heavy atom. The summed E-state index contributed by atoms with van der Waals surface area (Å²) in [4.78, 5) is 23.1. The molecule has 192 valence electrons. The first kappa shape index (κ1) is 24.2. The van der Waals surface area contributed by atoms with Crippen molar-refractivity contribution in [1.29, 1.82) is 0 Å². The van der Waals surface area contributed by atoms with Crippen LogP contribution in [0.25, 0.3) is 10.9 Å². The number of nitrogens with zero attached hydrogens (tertiary/aromatic N) is 3. The predicted molar refractivity (Wildman–Crippen MR) is 140 cm³/mol. The standard InChI is InChI=1S/C27H25Cl2FN4O3/c1-2-24(35)34-14-3-4-15(34)10-17(9-14)37-22-11-18-21(12-23(22)36-16-5-6-16)31-13-32-27(18)33-20-8-7-19(28)25(29)26(20)30/h2,7-8,11-17H,1,3-6,9-10H2,(H,31,32,33)/t14-,15+,17-. The number of fused-ring (bicyclic) bond motifs is 3. The second-order valence-electron chi connectivity index (χ2n) is 9.75. The van der Waals surface area contributed by atoms with Gasteiger partial charge in [-0.3, -0.25) is 4.79 Å². The molecular formula is C27H25Cl2FN4O3. The fourth-order valence-corrected chi connectivity index (χ4v) is 5.64. The number of hydrogen-bond acceptors (Lipinski definition) is 6. The normalized spacial score (nSPS) is 22.7. The van der Waals surface area contributed by atoms with Gasteiger partial charge in [-0.2, -0.15) is 0 Å². The van der Waals surface area contributed by atoms with Crippen LogP contribution < -0.4 is 14.8 Å². The first-order chi connectivity index (χ1) is 17.9. The monoisotopic (exact) mass is 542 g/mol. The van der Waals surface area contributed by atoms with E-state index in [0.29, 0.717) is 28.2 Å². The lowest BCUT2D eigenvalue weighted by Crippen LogP contribution is -2.48. The summed E-state index contributed by atoms with van der Waals surface area (Å²) in [7, 11) is 0. The number of amides is 1. The zero-order valence-electron chi connectivity index (χ0n) is 19.9. The molecule has 1 aromatic heterocycles. The predicted octanol–water partition coefficient (Wildman–Crippen LogP) is 6.45. The molecule has 6 rings (SSSR count). The van der Waals surface area contributed by atoms with Gasteiger partial charge >= 0.3 is 0 Å². The van der Waals surface area contributed by atoms with Crippen LogP contribution in [0, 0.1) is 5.82 Å². The fraction of sp³-hybridized carbons (Fsp3) is 0.370. The van der Waals surface area contributed by atoms with Crippen LogP contribution in [0.5, 0.6) is 11.5 Å². The minimum atomic E-state index is -0.664. The van der Waals surface area contributed by atoms with Crippen molar-refractivity contribution in [2.24, 2.45) is 0 Å². The number of rotatable bonds is 7. The van der Waals surface area contributed by atoms with Gasteiger partial charge in [0.15, 0.2) is 17.3 Å². The summed E-state index contributed by atoms with van der Waals surface area (Å²) < 4.78 is 27.5. The molecular weight excluding hydrogens is 518 g/mol. The van der Waals surface area contributed by atoms with Crippen LogP contribution in [0.1, 0.15) is 38.5 Å². The summed E-state index contributed by atoms with van der Waals surface area (Å²) in [6, 6.07) is 6.99. The molecule has 1 saturated carbocycles. The highest BCUT2D eigenvalue weighted by Crippen LogP contribution is 2.42. The summed E-state index contributed by atoms with van der Waals surface area (Å²) in [5, 5.41) is 3.63. The zero-order chi connectivity index (χ0) is 25.7. The van der Waals surface area contributed by atoms with Crippen molar-refractivity contribution in [3.8, 4) is 11.5 Å². The van der Waals surface area contributed by atoms with E-state index in [9.17, 15) is 9.18 Å². The minimum Gasteiger partial charge on any atom is -0.486 e. The van der Waals surface area contributed by atoms with Crippen molar-refractivity contribution in [2.75, 3.05) is 5.32 Å². The number of carbonyl (C=O) groups is 1. The van der Waals surface area contributed by atoms with Crippen LogP contribution in [0.15, 0.2) is 43.2 Å². The van der Waals surface area contributed by atoms with E-state index >= 15 is 0 Å². The van der Waals surface area contributed by atoms with E-state index in [4.69, 9.17) is 32.7 Å². The molecule has 2 saturated heterocycles. The van der Waals surface area contributed by atoms with E-state index in [-0.39, 0.29) is 45.9 Å². The Morgan fingerprint density at radius 1 is 1.05 bits per heavy atom. The van der Waals surface area contributed by atoms with E-state index in [0.717, 1.165) is 38.5 Å². The van der Waals surface area contributed by atoms with Crippen molar-refractivity contribution in [2.45, 2.75) is 62.8 Å². The van der Waals surface area contributed by atoms with Gasteiger partial charge in [0.2, 0.25) is 5.91 Å². The van der Waals surface area contributed by atoms with Crippen LogP contribution >= 0.6 is 23.2 Å². The Labute approximate surface area is 223 Å². The molecule has 2 aromatic carbocycles. The molecule has 0 unspecified atom stereocenters. The van der Waals surface area contributed by atoms with Crippen molar-refractivity contribution in [3.63, 3.8) is 0 Å². The molecule has 0 radical (unpaired) electrons. The Bertz CT molecular complexity index is 1390. The number of anilines is 2. The highest BCUT2D eigenvalue weighted by atomic mass is 35.5. The lowest BCUT2D eigenvalue weighted by molar-refractivity contribution is -0.131. The van der Waals surface area contributed by atoms with E-state index in [1.807, 2.05) is 17.0 Å². The molecule has 37 heavy (non-hydrogen) atoms. The summed E-state index contributed by atoms with van der Waals surface area (Å²) >= 11 is 11.9. The molecule has 3 aromatic rings. The quantitative estimate of drug-likeness (QED) is 0.273. The lowest BCUT2D eigenvalue weighted by Gasteiger charge is -2.38. The Kier molecular flexibility index (Phi) is 6.32. The molecule has 3 atom stereocenters. The van der Waals surface area contributed by atoms with Gasteiger partial charge in [-0.15, -0.1) is 0 Å². The van der Waals surface area contributed by atoms with Crippen molar-refractivity contribution in [3.05, 3.63) is 59.1 Å². The third-order valence-electron chi connectivity index (χ3n) is 7.22. The summed E-state index contributed by atoms with van der Waals surface area (Å²) in [6.45, 7) is 3.65. The van der Waals surface area contributed by atoms with Gasteiger partial charge in [-0.25, -0.2) is 14.4 Å². The molecule has 2 aliphatic heterocycles. The molecule has 3 fully saturated rings. The van der Waals surface area contributed by atoms with Gasteiger partial charge in [-0.05, 0) is 50.0 Å². The maximum atomic E-state index is 14.7. The fourth-order valence-electron chi connectivity index (χ4n) is 5.33. The van der Waals surface area contributed by atoms with Crippen LogP contribution in [-0.4, -0.2) is 45.1 Å². The van der Waals surface area contributed by atoms with Crippen LogP contribution in [0.3, 0.4) is 0 Å². The second-order valence-corrected chi connectivity index (χ2v) is 10.5. The first-order valence-electron chi connectivity index (χ1n) is 12.4. The van der Waals surface area contributed by atoms with Gasteiger partial charge in [0.25, 0.3) is 0 Å². The van der Waals surface area contributed by atoms with Crippen molar-refractivity contribution < 1.29 is 18.7 Å². The van der Waals surface area contributed by atoms with E-state index in [1.165, 1.54) is 24.5 Å². The number of carbonyl (C=O) groups excluding carboxylic acids is 1.